The standard InChI is InChI=1S/C9H9NO2.C3H6O/c1-11-8-4-3-7(6-10)5-9(8)12-2;1-3(2)4/h3-5H,1-2H3;1-2H3. The van der Waals surface area contributed by atoms with E-state index in [0.29, 0.717) is 17.1 Å². The van der Waals surface area contributed by atoms with Crippen molar-refractivity contribution in [3.8, 4) is 17.6 Å². The van der Waals surface area contributed by atoms with Crippen molar-refractivity contribution in [3.63, 3.8) is 0 Å². The van der Waals surface area contributed by atoms with Crippen LogP contribution in [0.3, 0.4) is 0 Å². The minimum Gasteiger partial charge on any atom is -0.493 e. The number of Topliss-reactive ketones (excluding diaryl/α,β-unsaturated/α-hetero) is 1. The first-order chi connectivity index (χ1) is 7.54. The molecule has 0 unspecified atom stereocenters. The number of ether oxygens (including phenoxy) is 2. The number of hydrogen-bond donors (Lipinski definition) is 0. The van der Waals surface area contributed by atoms with Crippen molar-refractivity contribution in [1.29, 1.82) is 5.26 Å². The van der Waals surface area contributed by atoms with E-state index in [1.54, 1.807) is 32.4 Å². The average Bonchev–Trinajstić information content (AvgIpc) is 2.27. The molecule has 1 aromatic carbocycles. The first kappa shape index (κ1) is 14.0. The monoisotopic (exact) mass is 221 g/mol. The molecule has 0 radical (unpaired) electrons. The molecule has 16 heavy (non-hydrogen) atoms. The van der Waals surface area contributed by atoms with E-state index in [4.69, 9.17) is 14.7 Å². The summed E-state index contributed by atoms with van der Waals surface area (Å²) in [7, 11) is 3.10. The molecule has 0 aromatic heterocycles. The Bertz CT molecular complexity index is 390. The number of rotatable bonds is 2. The molecule has 0 aliphatic carbocycles. The first-order valence-electron chi connectivity index (χ1n) is 4.64. The molecule has 1 rings (SSSR count). The second-order valence-electron chi connectivity index (χ2n) is 3.09. The van der Waals surface area contributed by atoms with Gasteiger partial charge < -0.3 is 14.3 Å². The van der Waals surface area contributed by atoms with Crippen LogP contribution in [0.25, 0.3) is 0 Å². The van der Waals surface area contributed by atoms with Crippen molar-refractivity contribution in [3.05, 3.63) is 23.8 Å². The van der Waals surface area contributed by atoms with E-state index in [0.717, 1.165) is 0 Å². The second-order valence-corrected chi connectivity index (χ2v) is 3.09. The van der Waals surface area contributed by atoms with Gasteiger partial charge in [0.15, 0.2) is 11.5 Å². The Morgan fingerprint density at radius 2 is 1.69 bits per heavy atom. The van der Waals surface area contributed by atoms with Crippen molar-refractivity contribution >= 4 is 5.78 Å². The molecule has 0 atom stereocenters. The van der Waals surface area contributed by atoms with Crippen LogP contribution in [0.2, 0.25) is 0 Å². The van der Waals surface area contributed by atoms with Crippen molar-refractivity contribution in [2.24, 2.45) is 0 Å². The molecule has 4 heteroatoms. The van der Waals surface area contributed by atoms with E-state index in [1.807, 2.05) is 6.07 Å². The quantitative estimate of drug-likeness (QED) is 0.767. The molecule has 0 heterocycles. The maximum atomic E-state index is 9.44. The number of carbonyl (C=O) groups excluding carboxylic acids is 1. The van der Waals surface area contributed by atoms with E-state index in [-0.39, 0.29) is 5.78 Å². The maximum absolute atomic E-state index is 9.44. The van der Waals surface area contributed by atoms with Gasteiger partial charge in [0, 0.05) is 6.07 Å². The van der Waals surface area contributed by atoms with Gasteiger partial charge in [-0.15, -0.1) is 0 Å². The lowest BCUT2D eigenvalue weighted by molar-refractivity contribution is -0.114. The third kappa shape index (κ3) is 5.01. The predicted molar refractivity (Wildman–Crippen MR) is 60.6 cm³/mol. The van der Waals surface area contributed by atoms with Gasteiger partial charge in [-0.3, -0.25) is 0 Å². The molecule has 0 bridgehead atoms. The number of carbonyl (C=O) groups is 1. The fourth-order valence-corrected chi connectivity index (χ4v) is 0.906. The van der Waals surface area contributed by atoms with Crippen molar-refractivity contribution < 1.29 is 14.3 Å². The van der Waals surface area contributed by atoms with Gasteiger partial charge in [-0.05, 0) is 26.0 Å². The number of ketones is 1. The highest BCUT2D eigenvalue weighted by molar-refractivity contribution is 5.72. The maximum Gasteiger partial charge on any atom is 0.162 e. The van der Waals surface area contributed by atoms with Crippen LogP contribution < -0.4 is 9.47 Å². The Morgan fingerprint density at radius 1 is 1.19 bits per heavy atom. The zero-order chi connectivity index (χ0) is 12.6. The van der Waals surface area contributed by atoms with Crippen LogP contribution in [-0.4, -0.2) is 20.0 Å². The molecule has 86 valence electrons. The Hall–Kier alpha value is -2.02. The van der Waals surface area contributed by atoms with Gasteiger partial charge in [-0.2, -0.15) is 5.26 Å². The van der Waals surface area contributed by atoms with Gasteiger partial charge in [-0.25, -0.2) is 0 Å². The zero-order valence-corrected chi connectivity index (χ0v) is 9.90. The molecule has 0 amide bonds. The number of nitrogens with zero attached hydrogens (tertiary/aromatic N) is 1. The van der Waals surface area contributed by atoms with Crippen LogP contribution in [0, 0.1) is 11.3 Å². The van der Waals surface area contributed by atoms with Crippen LogP contribution in [0.4, 0.5) is 0 Å². The van der Waals surface area contributed by atoms with Gasteiger partial charge in [0.05, 0.1) is 25.9 Å². The Balaban J connectivity index is 0.000000487. The minimum absolute atomic E-state index is 0.167. The van der Waals surface area contributed by atoms with Crippen molar-refractivity contribution in [1.82, 2.24) is 0 Å². The number of benzene rings is 1. The van der Waals surface area contributed by atoms with E-state index in [1.165, 1.54) is 13.8 Å². The van der Waals surface area contributed by atoms with E-state index >= 15 is 0 Å². The highest BCUT2D eigenvalue weighted by Crippen LogP contribution is 2.26. The summed E-state index contributed by atoms with van der Waals surface area (Å²) < 4.78 is 10.0. The summed E-state index contributed by atoms with van der Waals surface area (Å²) in [4.78, 5) is 9.44. The van der Waals surface area contributed by atoms with Crippen LogP contribution in [-0.2, 0) is 4.79 Å². The first-order valence-corrected chi connectivity index (χ1v) is 4.64. The van der Waals surface area contributed by atoms with Crippen molar-refractivity contribution in [2.45, 2.75) is 13.8 Å². The molecule has 0 spiro atoms. The largest absolute Gasteiger partial charge is 0.493 e. The molecule has 4 nitrogen and oxygen atoms in total. The minimum atomic E-state index is 0.167. The molecular formula is C12H15NO3. The summed E-state index contributed by atoms with van der Waals surface area (Å²) >= 11 is 0. The van der Waals surface area contributed by atoms with Crippen LogP contribution in [0.15, 0.2) is 18.2 Å². The molecule has 0 N–H and O–H groups in total. The SMILES string of the molecule is CC(C)=O.COc1ccc(C#N)cc1OC. The van der Waals surface area contributed by atoms with Crippen molar-refractivity contribution in [2.75, 3.05) is 14.2 Å². The summed E-state index contributed by atoms with van der Waals surface area (Å²) in [5.74, 6) is 1.38. The highest BCUT2D eigenvalue weighted by Gasteiger charge is 2.02. The molecule has 0 aliphatic heterocycles. The lowest BCUT2D eigenvalue weighted by atomic mass is 10.2. The Morgan fingerprint density at radius 3 is 2.06 bits per heavy atom. The third-order valence-electron chi connectivity index (χ3n) is 1.51. The summed E-state index contributed by atoms with van der Waals surface area (Å²) in [6.45, 7) is 3.06. The Kier molecular flexibility index (Phi) is 6.37. The smallest absolute Gasteiger partial charge is 0.162 e. The van der Waals surface area contributed by atoms with Gasteiger partial charge in [0.1, 0.15) is 5.78 Å². The number of methoxy groups -OCH3 is 2. The third-order valence-corrected chi connectivity index (χ3v) is 1.51. The normalized spacial score (nSPS) is 8.19. The fourth-order valence-electron chi connectivity index (χ4n) is 0.906. The predicted octanol–water partition coefficient (Wildman–Crippen LogP) is 2.17. The lowest BCUT2D eigenvalue weighted by Gasteiger charge is -2.06. The summed E-state index contributed by atoms with van der Waals surface area (Å²) in [5.41, 5.74) is 0.563. The fraction of sp³-hybridized carbons (Fsp3) is 0.333. The summed E-state index contributed by atoms with van der Waals surface area (Å²) in [6.07, 6.45) is 0. The molecule has 0 aliphatic rings. The molecule has 1 aromatic rings. The van der Waals surface area contributed by atoms with Gasteiger partial charge in [0.25, 0.3) is 0 Å². The number of hydrogen-bond acceptors (Lipinski definition) is 4. The lowest BCUT2D eigenvalue weighted by Crippen LogP contribution is -1.90. The molecular weight excluding hydrogens is 206 g/mol. The summed E-state index contributed by atoms with van der Waals surface area (Å²) in [5, 5.41) is 8.57. The van der Waals surface area contributed by atoms with Crippen LogP contribution in [0.5, 0.6) is 11.5 Å². The zero-order valence-electron chi connectivity index (χ0n) is 9.90. The number of nitriles is 1. The average molecular weight is 221 g/mol. The molecule has 0 saturated heterocycles. The molecule has 0 saturated carbocycles. The second kappa shape index (κ2) is 7.30. The topological polar surface area (TPSA) is 59.3 Å². The van der Waals surface area contributed by atoms with Crippen LogP contribution in [0.1, 0.15) is 19.4 Å². The van der Waals surface area contributed by atoms with E-state index < -0.39 is 0 Å². The van der Waals surface area contributed by atoms with Gasteiger partial charge >= 0.3 is 0 Å². The van der Waals surface area contributed by atoms with E-state index in [2.05, 4.69) is 0 Å². The molecule has 0 fully saturated rings. The van der Waals surface area contributed by atoms with Gasteiger partial charge in [0.2, 0.25) is 0 Å². The van der Waals surface area contributed by atoms with Crippen LogP contribution >= 0.6 is 0 Å². The Labute approximate surface area is 95.4 Å². The van der Waals surface area contributed by atoms with E-state index in [9.17, 15) is 4.79 Å². The highest BCUT2D eigenvalue weighted by atomic mass is 16.5. The summed E-state index contributed by atoms with van der Waals surface area (Å²) in [6, 6.07) is 7.04. The van der Waals surface area contributed by atoms with Gasteiger partial charge in [-0.1, -0.05) is 0 Å².